The molecule has 1 unspecified atom stereocenters. The van der Waals surface area contributed by atoms with Crippen LogP contribution in [0.5, 0.6) is 0 Å². The first-order valence-corrected chi connectivity index (χ1v) is 5.74. The van der Waals surface area contributed by atoms with Crippen LogP contribution in [0.4, 0.5) is 8.78 Å². The number of hydrogen-bond acceptors (Lipinski definition) is 4. The molecule has 19 heavy (non-hydrogen) atoms. The number of halogens is 2. The number of nitrogens with one attached hydrogen (secondary N) is 1. The van der Waals surface area contributed by atoms with E-state index in [1.807, 2.05) is 0 Å². The molecule has 0 aliphatic carbocycles. The van der Waals surface area contributed by atoms with Crippen LogP contribution in [0.25, 0.3) is 0 Å². The topological polar surface area (TPSA) is 63.0 Å². The van der Waals surface area contributed by atoms with E-state index in [1.54, 1.807) is 18.1 Å². The number of aryl methyl sites for hydroxylation is 1. The second-order valence-corrected chi connectivity index (χ2v) is 4.15. The number of benzene rings is 1. The molecule has 1 aromatic carbocycles. The summed E-state index contributed by atoms with van der Waals surface area (Å²) in [6, 6.07) is 2.99. The fourth-order valence-corrected chi connectivity index (χ4v) is 1.67. The first-order valence-electron chi connectivity index (χ1n) is 5.74. The number of aliphatic hydroxyl groups is 1. The highest BCUT2D eigenvalue weighted by Gasteiger charge is 2.13. The summed E-state index contributed by atoms with van der Waals surface area (Å²) in [6.45, 7) is 0.424. The third kappa shape index (κ3) is 3.55. The Kier molecular flexibility index (Phi) is 4.18. The van der Waals surface area contributed by atoms with Crippen molar-refractivity contribution in [1.82, 2.24) is 20.1 Å². The Morgan fingerprint density at radius 3 is 2.89 bits per heavy atom. The average molecular weight is 268 g/mol. The highest BCUT2D eigenvalue weighted by atomic mass is 19.1. The molecule has 2 rings (SSSR count). The van der Waals surface area contributed by atoms with E-state index in [1.165, 1.54) is 0 Å². The third-order valence-corrected chi connectivity index (χ3v) is 2.58. The number of aliphatic hydroxyl groups excluding tert-OH is 1. The Morgan fingerprint density at radius 1 is 1.42 bits per heavy atom. The standard InChI is InChI=1S/C12H14F2N4O/c1-18-7-16-12(17-18)6-15-5-11(19)9-4-8(13)2-3-10(9)14/h2-4,7,11,15,19H,5-6H2,1H3. The van der Waals surface area contributed by atoms with Crippen LogP contribution in [-0.2, 0) is 13.6 Å². The van der Waals surface area contributed by atoms with E-state index in [0.717, 1.165) is 18.2 Å². The minimum Gasteiger partial charge on any atom is -0.387 e. The molecule has 0 saturated carbocycles. The third-order valence-electron chi connectivity index (χ3n) is 2.58. The molecule has 2 aromatic rings. The van der Waals surface area contributed by atoms with Crippen LogP contribution >= 0.6 is 0 Å². The lowest BCUT2D eigenvalue weighted by atomic mass is 10.1. The molecule has 5 nitrogen and oxygen atoms in total. The van der Waals surface area contributed by atoms with E-state index in [4.69, 9.17) is 0 Å². The van der Waals surface area contributed by atoms with Crippen molar-refractivity contribution in [3.05, 3.63) is 47.5 Å². The fraction of sp³-hybridized carbons (Fsp3) is 0.333. The summed E-state index contributed by atoms with van der Waals surface area (Å²) in [5.74, 6) is -0.650. The minimum absolute atomic E-state index is 0.0681. The maximum absolute atomic E-state index is 13.4. The van der Waals surface area contributed by atoms with Crippen molar-refractivity contribution in [2.24, 2.45) is 7.05 Å². The van der Waals surface area contributed by atoms with Crippen LogP contribution in [0.15, 0.2) is 24.5 Å². The molecule has 1 heterocycles. The molecular weight excluding hydrogens is 254 g/mol. The van der Waals surface area contributed by atoms with Gasteiger partial charge in [0.05, 0.1) is 12.6 Å². The summed E-state index contributed by atoms with van der Waals surface area (Å²) >= 11 is 0. The smallest absolute Gasteiger partial charge is 0.164 e. The average Bonchev–Trinajstić information content (AvgIpc) is 2.78. The van der Waals surface area contributed by atoms with Crippen LogP contribution in [0.2, 0.25) is 0 Å². The second kappa shape index (κ2) is 5.85. The summed E-state index contributed by atoms with van der Waals surface area (Å²) in [7, 11) is 1.74. The Balaban J connectivity index is 1.90. The van der Waals surface area contributed by atoms with Crippen LogP contribution in [0.1, 0.15) is 17.5 Å². The van der Waals surface area contributed by atoms with E-state index in [9.17, 15) is 13.9 Å². The molecule has 0 aliphatic rings. The van der Waals surface area contributed by atoms with Gasteiger partial charge in [-0.3, -0.25) is 4.68 Å². The van der Waals surface area contributed by atoms with E-state index in [0.29, 0.717) is 12.4 Å². The molecule has 0 amide bonds. The van der Waals surface area contributed by atoms with Gasteiger partial charge in [-0.1, -0.05) is 0 Å². The van der Waals surface area contributed by atoms with E-state index in [2.05, 4.69) is 15.4 Å². The maximum atomic E-state index is 13.4. The Bertz CT molecular complexity index is 558. The number of rotatable bonds is 5. The van der Waals surface area contributed by atoms with Crippen LogP contribution in [0.3, 0.4) is 0 Å². The van der Waals surface area contributed by atoms with Crippen molar-refractivity contribution < 1.29 is 13.9 Å². The molecule has 0 aliphatic heterocycles. The Morgan fingerprint density at radius 2 is 2.21 bits per heavy atom. The lowest BCUT2D eigenvalue weighted by Gasteiger charge is -2.12. The normalized spacial score (nSPS) is 12.6. The molecular formula is C12H14F2N4O. The van der Waals surface area contributed by atoms with Gasteiger partial charge in [-0.05, 0) is 18.2 Å². The largest absolute Gasteiger partial charge is 0.387 e. The predicted octanol–water partition coefficient (Wildman–Crippen LogP) is 0.916. The second-order valence-electron chi connectivity index (χ2n) is 4.15. The Labute approximate surface area is 108 Å². The zero-order valence-electron chi connectivity index (χ0n) is 10.3. The molecule has 1 aromatic heterocycles. The highest BCUT2D eigenvalue weighted by Crippen LogP contribution is 2.17. The van der Waals surface area contributed by atoms with E-state index >= 15 is 0 Å². The number of nitrogens with zero attached hydrogens (tertiary/aromatic N) is 3. The van der Waals surface area contributed by atoms with Gasteiger partial charge in [0.15, 0.2) is 5.82 Å². The predicted molar refractivity (Wildman–Crippen MR) is 64.0 cm³/mol. The zero-order chi connectivity index (χ0) is 13.8. The summed E-state index contributed by atoms with van der Waals surface area (Å²) in [5.41, 5.74) is -0.0681. The summed E-state index contributed by atoms with van der Waals surface area (Å²) in [4.78, 5) is 3.99. The van der Waals surface area contributed by atoms with Crippen molar-refractivity contribution >= 4 is 0 Å². The molecule has 102 valence electrons. The number of aromatic nitrogens is 3. The fourth-order valence-electron chi connectivity index (χ4n) is 1.67. The quantitative estimate of drug-likeness (QED) is 0.846. The molecule has 0 saturated heterocycles. The SMILES string of the molecule is Cn1cnc(CNCC(O)c2cc(F)ccc2F)n1. The first kappa shape index (κ1) is 13.6. The van der Waals surface area contributed by atoms with Gasteiger partial charge in [-0.2, -0.15) is 5.10 Å². The minimum atomic E-state index is -1.13. The maximum Gasteiger partial charge on any atom is 0.164 e. The molecule has 2 N–H and O–H groups in total. The van der Waals surface area contributed by atoms with Gasteiger partial charge < -0.3 is 10.4 Å². The van der Waals surface area contributed by atoms with Crippen molar-refractivity contribution in [3.63, 3.8) is 0 Å². The molecule has 1 atom stereocenters. The lowest BCUT2D eigenvalue weighted by molar-refractivity contribution is 0.169. The monoisotopic (exact) mass is 268 g/mol. The van der Waals surface area contributed by atoms with Crippen molar-refractivity contribution in [1.29, 1.82) is 0 Å². The summed E-state index contributed by atoms with van der Waals surface area (Å²) in [6.07, 6.45) is 0.430. The van der Waals surface area contributed by atoms with Gasteiger partial charge in [-0.25, -0.2) is 13.8 Å². The molecule has 0 radical (unpaired) electrons. The van der Waals surface area contributed by atoms with Gasteiger partial charge in [0.25, 0.3) is 0 Å². The molecule has 0 fully saturated rings. The van der Waals surface area contributed by atoms with Gasteiger partial charge in [0, 0.05) is 19.2 Å². The lowest BCUT2D eigenvalue weighted by Crippen LogP contribution is -2.22. The molecule has 0 bridgehead atoms. The van der Waals surface area contributed by atoms with Gasteiger partial charge in [0.1, 0.15) is 18.0 Å². The van der Waals surface area contributed by atoms with Crippen LogP contribution in [0, 0.1) is 11.6 Å². The first-order chi connectivity index (χ1) is 9.06. The van der Waals surface area contributed by atoms with Crippen molar-refractivity contribution in [2.45, 2.75) is 12.6 Å². The van der Waals surface area contributed by atoms with E-state index < -0.39 is 17.7 Å². The van der Waals surface area contributed by atoms with Crippen molar-refractivity contribution in [2.75, 3.05) is 6.54 Å². The molecule has 7 heteroatoms. The van der Waals surface area contributed by atoms with Gasteiger partial charge >= 0.3 is 0 Å². The molecule has 0 spiro atoms. The Hall–Kier alpha value is -1.86. The van der Waals surface area contributed by atoms with Gasteiger partial charge in [-0.15, -0.1) is 0 Å². The summed E-state index contributed by atoms with van der Waals surface area (Å²) < 4.78 is 27.9. The van der Waals surface area contributed by atoms with Gasteiger partial charge in [0.2, 0.25) is 0 Å². The van der Waals surface area contributed by atoms with Crippen LogP contribution < -0.4 is 5.32 Å². The summed E-state index contributed by atoms with van der Waals surface area (Å²) in [5, 5.41) is 16.7. The van der Waals surface area contributed by atoms with Crippen molar-refractivity contribution in [3.8, 4) is 0 Å². The van der Waals surface area contributed by atoms with E-state index in [-0.39, 0.29) is 12.1 Å². The zero-order valence-corrected chi connectivity index (χ0v) is 10.3. The van der Waals surface area contributed by atoms with Crippen LogP contribution in [-0.4, -0.2) is 26.4 Å². The highest BCUT2D eigenvalue weighted by molar-refractivity contribution is 5.21. The number of hydrogen-bond donors (Lipinski definition) is 2.